The molecule has 16 heavy (non-hydrogen) atoms. The van der Waals surface area contributed by atoms with Crippen molar-refractivity contribution in [3.63, 3.8) is 0 Å². The summed E-state index contributed by atoms with van der Waals surface area (Å²) in [6, 6.07) is 3.95. The van der Waals surface area contributed by atoms with Crippen LogP contribution in [0.25, 0.3) is 10.6 Å². The molecule has 0 aliphatic carbocycles. The number of halogens is 1. The fourth-order valence-electron chi connectivity index (χ4n) is 1.34. The second-order valence-electron chi connectivity index (χ2n) is 3.31. The van der Waals surface area contributed by atoms with Crippen molar-refractivity contribution in [3.8, 4) is 10.6 Å². The molecule has 2 heterocycles. The molecular formula is C11H11BrN2OS. The quantitative estimate of drug-likeness (QED) is 0.944. The molecule has 0 unspecified atom stereocenters. The highest BCUT2D eigenvalue weighted by atomic mass is 79.9. The number of aliphatic hydroxyl groups is 1. The van der Waals surface area contributed by atoms with Gasteiger partial charge in [-0.1, -0.05) is 0 Å². The van der Waals surface area contributed by atoms with Crippen LogP contribution in [0.2, 0.25) is 0 Å². The topological polar surface area (TPSA) is 46.0 Å². The van der Waals surface area contributed by atoms with Gasteiger partial charge in [0.1, 0.15) is 5.82 Å². The lowest BCUT2D eigenvalue weighted by Gasteiger charge is -2.00. The molecule has 0 saturated carbocycles. The Hall–Kier alpha value is -0.780. The molecule has 0 bridgehead atoms. The Morgan fingerprint density at radius 2 is 2.31 bits per heavy atom. The largest absolute Gasteiger partial charge is 0.396 e. The summed E-state index contributed by atoms with van der Waals surface area (Å²) in [6.07, 6.45) is 3.19. The molecule has 0 aliphatic rings. The number of aryl methyl sites for hydroxylation is 1. The minimum absolute atomic E-state index is 0.179. The monoisotopic (exact) mass is 298 g/mol. The summed E-state index contributed by atoms with van der Waals surface area (Å²) < 4.78 is 1.07. The third kappa shape index (κ3) is 2.87. The van der Waals surface area contributed by atoms with Gasteiger partial charge in [-0.15, -0.1) is 11.3 Å². The molecule has 0 atom stereocenters. The minimum atomic E-state index is 0.179. The van der Waals surface area contributed by atoms with E-state index in [0.717, 1.165) is 27.3 Å². The molecule has 0 fully saturated rings. The van der Waals surface area contributed by atoms with E-state index in [-0.39, 0.29) is 6.61 Å². The Labute approximate surface area is 106 Å². The zero-order chi connectivity index (χ0) is 11.4. The molecule has 84 valence electrons. The van der Waals surface area contributed by atoms with Gasteiger partial charge >= 0.3 is 0 Å². The molecule has 2 aromatic rings. The molecule has 2 rings (SSSR count). The van der Waals surface area contributed by atoms with Crippen molar-refractivity contribution in [3.05, 3.63) is 34.0 Å². The fraction of sp³-hybridized carbons (Fsp3) is 0.273. The maximum absolute atomic E-state index is 8.76. The van der Waals surface area contributed by atoms with E-state index in [0.29, 0.717) is 6.42 Å². The van der Waals surface area contributed by atoms with Gasteiger partial charge in [-0.25, -0.2) is 9.97 Å². The average molecular weight is 299 g/mol. The number of aromatic nitrogens is 2. The maximum Gasteiger partial charge on any atom is 0.129 e. The fourth-order valence-corrected chi connectivity index (χ4v) is 2.74. The Morgan fingerprint density at radius 1 is 1.44 bits per heavy atom. The average Bonchev–Trinajstić information content (AvgIpc) is 2.74. The van der Waals surface area contributed by atoms with Crippen molar-refractivity contribution >= 4 is 27.3 Å². The van der Waals surface area contributed by atoms with Gasteiger partial charge in [0.15, 0.2) is 0 Å². The summed E-state index contributed by atoms with van der Waals surface area (Å²) in [6.45, 7) is 0.179. The van der Waals surface area contributed by atoms with Crippen LogP contribution in [0.5, 0.6) is 0 Å². The van der Waals surface area contributed by atoms with Crippen molar-refractivity contribution in [1.29, 1.82) is 0 Å². The molecule has 0 spiro atoms. The highest BCUT2D eigenvalue weighted by Gasteiger charge is 2.04. The zero-order valence-corrected chi connectivity index (χ0v) is 11.0. The molecule has 3 nitrogen and oxygen atoms in total. The number of aliphatic hydroxyl groups excluding tert-OH is 1. The summed E-state index contributed by atoms with van der Waals surface area (Å²) in [7, 11) is 0. The first-order chi connectivity index (χ1) is 7.79. The lowest BCUT2D eigenvalue weighted by Crippen LogP contribution is -1.97. The summed E-state index contributed by atoms with van der Waals surface area (Å²) in [4.78, 5) is 9.77. The van der Waals surface area contributed by atoms with Gasteiger partial charge in [-0.3, -0.25) is 0 Å². The van der Waals surface area contributed by atoms with Crippen LogP contribution < -0.4 is 0 Å². The van der Waals surface area contributed by atoms with E-state index in [1.54, 1.807) is 17.5 Å². The third-order valence-corrected chi connectivity index (χ3v) is 3.80. The summed E-state index contributed by atoms with van der Waals surface area (Å²) in [5.41, 5.74) is 0.943. The normalized spacial score (nSPS) is 10.6. The van der Waals surface area contributed by atoms with E-state index in [1.807, 2.05) is 17.5 Å². The smallest absolute Gasteiger partial charge is 0.129 e. The van der Waals surface area contributed by atoms with E-state index >= 15 is 0 Å². The molecule has 0 aliphatic heterocycles. The van der Waals surface area contributed by atoms with E-state index < -0.39 is 0 Å². The Balaban J connectivity index is 2.22. The third-order valence-electron chi connectivity index (χ3n) is 2.08. The summed E-state index contributed by atoms with van der Waals surface area (Å²) >= 11 is 5.07. The first kappa shape index (κ1) is 11.7. The van der Waals surface area contributed by atoms with Gasteiger partial charge in [-0.2, -0.15) is 0 Å². The Bertz CT molecular complexity index is 473. The van der Waals surface area contributed by atoms with Crippen molar-refractivity contribution in [2.75, 3.05) is 6.61 Å². The number of nitrogens with zero attached hydrogens (tertiary/aromatic N) is 2. The van der Waals surface area contributed by atoms with Crippen LogP contribution in [0.15, 0.2) is 28.2 Å². The Morgan fingerprint density at radius 3 is 3.00 bits per heavy atom. The highest BCUT2D eigenvalue weighted by Crippen LogP contribution is 2.28. The van der Waals surface area contributed by atoms with E-state index in [9.17, 15) is 0 Å². The molecule has 0 radical (unpaired) electrons. The number of hydrogen-bond acceptors (Lipinski definition) is 4. The van der Waals surface area contributed by atoms with Crippen molar-refractivity contribution in [1.82, 2.24) is 9.97 Å². The summed E-state index contributed by atoms with van der Waals surface area (Å²) in [5.74, 6) is 0.788. The van der Waals surface area contributed by atoms with E-state index in [4.69, 9.17) is 5.11 Å². The standard InChI is InChI=1S/C11H11BrN2OS/c12-8-6-10(16-7-8)9-3-4-13-11(14-9)2-1-5-15/h3-4,6-7,15H,1-2,5H2. The number of thiophene rings is 1. The van der Waals surface area contributed by atoms with Crippen LogP contribution >= 0.6 is 27.3 Å². The second-order valence-corrected chi connectivity index (χ2v) is 5.14. The molecule has 1 N–H and O–H groups in total. The molecule has 0 amide bonds. The predicted molar refractivity (Wildman–Crippen MR) is 68.5 cm³/mol. The van der Waals surface area contributed by atoms with Crippen LogP contribution in [0, 0.1) is 0 Å². The van der Waals surface area contributed by atoms with Crippen LogP contribution in [0.1, 0.15) is 12.2 Å². The van der Waals surface area contributed by atoms with Crippen molar-refractivity contribution in [2.45, 2.75) is 12.8 Å². The maximum atomic E-state index is 8.76. The zero-order valence-electron chi connectivity index (χ0n) is 8.56. The van der Waals surface area contributed by atoms with Crippen LogP contribution in [0.4, 0.5) is 0 Å². The van der Waals surface area contributed by atoms with Crippen LogP contribution in [-0.2, 0) is 6.42 Å². The lowest BCUT2D eigenvalue weighted by molar-refractivity contribution is 0.287. The molecular weight excluding hydrogens is 288 g/mol. The van der Waals surface area contributed by atoms with Gasteiger partial charge < -0.3 is 5.11 Å². The van der Waals surface area contributed by atoms with Crippen molar-refractivity contribution in [2.24, 2.45) is 0 Å². The van der Waals surface area contributed by atoms with E-state index in [2.05, 4.69) is 25.9 Å². The van der Waals surface area contributed by atoms with Gasteiger partial charge in [-0.05, 0) is 34.5 Å². The molecule has 5 heteroatoms. The predicted octanol–water partition coefficient (Wildman–Crippen LogP) is 2.89. The van der Waals surface area contributed by atoms with Gasteiger partial charge in [0.2, 0.25) is 0 Å². The lowest BCUT2D eigenvalue weighted by atomic mass is 10.3. The second kappa shape index (κ2) is 5.52. The van der Waals surface area contributed by atoms with Crippen molar-refractivity contribution < 1.29 is 5.11 Å². The first-order valence-electron chi connectivity index (χ1n) is 4.97. The van der Waals surface area contributed by atoms with Gasteiger partial charge in [0.05, 0.1) is 10.6 Å². The highest BCUT2D eigenvalue weighted by molar-refractivity contribution is 9.10. The number of rotatable bonds is 4. The minimum Gasteiger partial charge on any atom is -0.396 e. The van der Waals surface area contributed by atoms with Crippen LogP contribution in [-0.4, -0.2) is 21.7 Å². The SMILES string of the molecule is OCCCc1nccc(-c2cc(Br)cs2)n1. The molecule has 0 aromatic carbocycles. The van der Waals surface area contributed by atoms with Gasteiger partial charge in [0, 0.05) is 29.1 Å². The van der Waals surface area contributed by atoms with Crippen LogP contribution in [0.3, 0.4) is 0 Å². The molecule has 2 aromatic heterocycles. The van der Waals surface area contributed by atoms with Gasteiger partial charge in [0.25, 0.3) is 0 Å². The number of hydrogen-bond donors (Lipinski definition) is 1. The Kier molecular flexibility index (Phi) is 4.04. The molecule has 0 saturated heterocycles. The van der Waals surface area contributed by atoms with E-state index in [1.165, 1.54) is 0 Å². The first-order valence-corrected chi connectivity index (χ1v) is 6.64. The summed E-state index contributed by atoms with van der Waals surface area (Å²) in [5, 5.41) is 10.8.